The lowest BCUT2D eigenvalue weighted by molar-refractivity contribution is 0.483. The molecule has 1 fully saturated rings. The van der Waals surface area contributed by atoms with Crippen molar-refractivity contribution in [2.24, 2.45) is 0 Å². The molecule has 4 nitrogen and oxygen atoms in total. The molecule has 1 aliphatic heterocycles. The topological polar surface area (TPSA) is 41.0 Å². The zero-order chi connectivity index (χ0) is 16.4. The van der Waals surface area contributed by atoms with Crippen molar-refractivity contribution in [2.45, 2.75) is 25.4 Å². The second-order valence-electron chi connectivity index (χ2n) is 6.44. The van der Waals surface area contributed by atoms with Crippen LogP contribution in [0.3, 0.4) is 0 Å². The predicted octanol–water partition coefficient (Wildman–Crippen LogP) is 3.56. The SMILES string of the molecule is C[C@H](N[C@@H]1CCN(c2ncccn2)C1)c1cccc2ccccc12. The molecule has 122 valence electrons. The van der Waals surface area contributed by atoms with Gasteiger partial charge in [0.05, 0.1) is 0 Å². The highest BCUT2D eigenvalue weighted by Gasteiger charge is 2.25. The molecule has 2 atom stereocenters. The van der Waals surface area contributed by atoms with Crippen LogP contribution in [0.25, 0.3) is 10.8 Å². The average Bonchev–Trinajstić information content (AvgIpc) is 3.10. The minimum atomic E-state index is 0.317. The Morgan fingerprint density at radius 1 is 1.04 bits per heavy atom. The molecule has 2 aromatic carbocycles. The van der Waals surface area contributed by atoms with Crippen LogP contribution in [0.1, 0.15) is 24.9 Å². The van der Waals surface area contributed by atoms with E-state index in [4.69, 9.17) is 0 Å². The van der Waals surface area contributed by atoms with Crippen molar-refractivity contribution < 1.29 is 0 Å². The summed E-state index contributed by atoms with van der Waals surface area (Å²) in [5, 5.41) is 6.42. The summed E-state index contributed by atoms with van der Waals surface area (Å²) in [6.07, 6.45) is 4.73. The normalized spacial score (nSPS) is 18.9. The van der Waals surface area contributed by atoms with Gasteiger partial charge in [-0.05, 0) is 35.7 Å². The summed E-state index contributed by atoms with van der Waals surface area (Å²) in [5.41, 5.74) is 1.36. The van der Waals surface area contributed by atoms with Gasteiger partial charge in [-0.3, -0.25) is 0 Å². The zero-order valence-corrected chi connectivity index (χ0v) is 13.9. The summed E-state index contributed by atoms with van der Waals surface area (Å²) in [4.78, 5) is 11.0. The molecule has 1 saturated heterocycles. The largest absolute Gasteiger partial charge is 0.339 e. The van der Waals surface area contributed by atoms with Gasteiger partial charge in [0.1, 0.15) is 0 Å². The summed E-state index contributed by atoms with van der Waals surface area (Å²) >= 11 is 0. The number of benzene rings is 2. The number of nitrogens with one attached hydrogen (secondary N) is 1. The van der Waals surface area contributed by atoms with Gasteiger partial charge < -0.3 is 10.2 Å². The number of hydrogen-bond acceptors (Lipinski definition) is 4. The Labute approximate surface area is 142 Å². The Kier molecular flexibility index (Phi) is 4.13. The highest BCUT2D eigenvalue weighted by atomic mass is 15.3. The molecule has 0 amide bonds. The highest BCUT2D eigenvalue weighted by molar-refractivity contribution is 5.86. The zero-order valence-electron chi connectivity index (χ0n) is 13.9. The molecule has 0 spiro atoms. The first kappa shape index (κ1) is 15.1. The Morgan fingerprint density at radius 3 is 2.71 bits per heavy atom. The molecule has 2 heterocycles. The second-order valence-corrected chi connectivity index (χ2v) is 6.44. The van der Waals surface area contributed by atoms with E-state index in [0.717, 1.165) is 25.5 Å². The number of hydrogen-bond donors (Lipinski definition) is 1. The third kappa shape index (κ3) is 2.97. The van der Waals surface area contributed by atoms with E-state index in [-0.39, 0.29) is 0 Å². The maximum Gasteiger partial charge on any atom is 0.225 e. The summed E-state index contributed by atoms with van der Waals surface area (Å²) in [5.74, 6) is 0.833. The van der Waals surface area contributed by atoms with E-state index in [2.05, 4.69) is 69.6 Å². The summed E-state index contributed by atoms with van der Waals surface area (Å²) < 4.78 is 0. The molecule has 0 bridgehead atoms. The van der Waals surface area contributed by atoms with Gasteiger partial charge in [-0.1, -0.05) is 42.5 Å². The Morgan fingerprint density at radius 2 is 1.83 bits per heavy atom. The average molecular weight is 318 g/mol. The van der Waals surface area contributed by atoms with Crippen LogP contribution in [0, 0.1) is 0 Å². The van der Waals surface area contributed by atoms with Gasteiger partial charge in [0.2, 0.25) is 5.95 Å². The van der Waals surface area contributed by atoms with Crippen LogP contribution in [-0.4, -0.2) is 29.1 Å². The van der Waals surface area contributed by atoms with Crippen LogP contribution in [0.4, 0.5) is 5.95 Å². The maximum absolute atomic E-state index is 4.36. The number of nitrogens with zero attached hydrogens (tertiary/aromatic N) is 3. The van der Waals surface area contributed by atoms with Crippen molar-refractivity contribution in [3.05, 3.63) is 66.5 Å². The third-order valence-corrected chi connectivity index (χ3v) is 4.80. The van der Waals surface area contributed by atoms with Crippen molar-refractivity contribution in [3.8, 4) is 0 Å². The summed E-state index contributed by atoms with van der Waals surface area (Å²) in [6.45, 7) is 4.21. The Hall–Kier alpha value is -2.46. The van der Waals surface area contributed by atoms with E-state index in [0.29, 0.717) is 12.1 Å². The molecule has 4 rings (SSSR count). The smallest absolute Gasteiger partial charge is 0.225 e. The van der Waals surface area contributed by atoms with Crippen molar-refractivity contribution in [1.29, 1.82) is 0 Å². The minimum absolute atomic E-state index is 0.317. The van der Waals surface area contributed by atoms with Crippen molar-refractivity contribution in [1.82, 2.24) is 15.3 Å². The van der Waals surface area contributed by atoms with E-state index >= 15 is 0 Å². The monoisotopic (exact) mass is 318 g/mol. The fraction of sp³-hybridized carbons (Fsp3) is 0.300. The molecule has 1 N–H and O–H groups in total. The molecular formula is C20H22N4. The van der Waals surface area contributed by atoms with Crippen LogP contribution in [-0.2, 0) is 0 Å². The summed E-state index contributed by atoms with van der Waals surface area (Å²) in [6, 6.07) is 17.8. The van der Waals surface area contributed by atoms with Gasteiger partial charge in [-0.25, -0.2) is 9.97 Å². The number of rotatable bonds is 4. The molecule has 1 aliphatic rings. The van der Waals surface area contributed by atoms with Crippen LogP contribution in [0.15, 0.2) is 60.9 Å². The lowest BCUT2D eigenvalue weighted by Gasteiger charge is -2.22. The standard InChI is InChI=1S/C20H22N4/c1-15(18-9-4-7-16-6-2-3-8-19(16)18)23-17-10-13-24(14-17)20-21-11-5-12-22-20/h2-9,11-12,15,17,23H,10,13-14H2,1H3/t15-,17+/m0/s1. The fourth-order valence-corrected chi connectivity index (χ4v) is 3.60. The van der Waals surface area contributed by atoms with E-state index in [1.54, 1.807) is 0 Å². The van der Waals surface area contributed by atoms with Gasteiger partial charge in [-0.2, -0.15) is 0 Å². The second kappa shape index (κ2) is 6.57. The van der Waals surface area contributed by atoms with E-state index in [9.17, 15) is 0 Å². The molecule has 0 aliphatic carbocycles. The Bertz CT molecular complexity index is 813. The maximum atomic E-state index is 4.36. The van der Waals surface area contributed by atoms with E-state index in [1.165, 1.54) is 16.3 Å². The van der Waals surface area contributed by atoms with Crippen molar-refractivity contribution in [3.63, 3.8) is 0 Å². The molecule has 0 unspecified atom stereocenters. The highest BCUT2D eigenvalue weighted by Crippen LogP contribution is 2.25. The van der Waals surface area contributed by atoms with Gasteiger partial charge in [0, 0.05) is 37.6 Å². The minimum Gasteiger partial charge on any atom is -0.339 e. The number of fused-ring (bicyclic) bond motifs is 1. The first-order valence-corrected chi connectivity index (χ1v) is 8.57. The Balaban J connectivity index is 1.48. The quantitative estimate of drug-likeness (QED) is 0.798. The predicted molar refractivity (Wildman–Crippen MR) is 98.1 cm³/mol. The molecule has 1 aromatic heterocycles. The first-order chi connectivity index (χ1) is 11.8. The van der Waals surface area contributed by atoms with Crippen LogP contribution in [0.5, 0.6) is 0 Å². The lowest BCUT2D eigenvalue weighted by atomic mass is 9.99. The molecule has 24 heavy (non-hydrogen) atoms. The van der Waals surface area contributed by atoms with Crippen molar-refractivity contribution in [2.75, 3.05) is 18.0 Å². The number of aromatic nitrogens is 2. The molecular weight excluding hydrogens is 296 g/mol. The molecule has 4 heteroatoms. The fourth-order valence-electron chi connectivity index (χ4n) is 3.60. The van der Waals surface area contributed by atoms with E-state index < -0.39 is 0 Å². The van der Waals surface area contributed by atoms with E-state index in [1.807, 2.05) is 18.5 Å². The van der Waals surface area contributed by atoms with Gasteiger partial charge in [-0.15, -0.1) is 0 Å². The molecule has 0 radical (unpaired) electrons. The van der Waals surface area contributed by atoms with Gasteiger partial charge in [0.25, 0.3) is 0 Å². The third-order valence-electron chi connectivity index (χ3n) is 4.80. The van der Waals surface area contributed by atoms with Gasteiger partial charge >= 0.3 is 0 Å². The first-order valence-electron chi connectivity index (χ1n) is 8.57. The van der Waals surface area contributed by atoms with Crippen LogP contribution in [0.2, 0.25) is 0 Å². The lowest BCUT2D eigenvalue weighted by Crippen LogP contribution is -2.34. The molecule has 3 aromatic rings. The number of anilines is 1. The van der Waals surface area contributed by atoms with Crippen LogP contribution >= 0.6 is 0 Å². The van der Waals surface area contributed by atoms with Crippen molar-refractivity contribution >= 4 is 16.7 Å². The summed E-state index contributed by atoms with van der Waals surface area (Å²) in [7, 11) is 0. The molecule has 0 saturated carbocycles. The van der Waals surface area contributed by atoms with Gasteiger partial charge in [0.15, 0.2) is 0 Å². The van der Waals surface area contributed by atoms with Crippen LogP contribution < -0.4 is 10.2 Å².